The Labute approximate surface area is 107 Å². The van der Waals surface area contributed by atoms with E-state index in [1.165, 1.54) is 31.4 Å². The van der Waals surface area contributed by atoms with Crippen LogP contribution in [0.1, 0.15) is 44.0 Å². The molecule has 0 radical (unpaired) electrons. The van der Waals surface area contributed by atoms with Crippen LogP contribution in [0.4, 0.5) is 0 Å². The smallest absolute Gasteiger partial charge is 0.194 e. The highest BCUT2D eigenvalue weighted by Gasteiger charge is 2.08. The van der Waals surface area contributed by atoms with Gasteiger partial charge in [-0.25, -0.2) is 4.98 Å². The number of aromatic nitrogens is 2. The van der Waals surface area contributed by atoms with Gasteiger partial charge in [0.05, 0.1) is 11.4 Å². The molecular formula is C13H21N3S. The Balaban J connectivity index is 1.82. The van der Waals surface area contributed by atoms with Gasteiger partial charge in [-0.2, -0.15) is 0 Å². The molecular weight excluding hydrogens is 230 g/mol. The van der Waals surface area contributed by atoms with Gasteiger partial charge in [0.15, 0.2) is 4.96 Å². The first kappa shape index (κ1) is 12.6. The van der Waals surface area contributed by atoms with Crippen molar-refractivity contribution in [1.29, 1.82) is 0 Å². The number of rotatable bonds is 7. The monoisotopic (exact) mass is 251 g/mol. The van der Waals surface area contributed by atoms with E-state index in [9.17, 15) is 0 Å². The summed E-state index contributed by atoms with van der Waals surface area (Å²) in [7, 11) is 0. The molecule has 2 aromatic rings. The van der Waals surface area contributed by atoms with Crippen molar-refractivity contribution in [2.24, 2.45) is 0 Å². The number of hydrogen-bond donors (Lipinski definition) is 1. The minimum Gasteiger partial charge on any atom is -0.311 e. The Morgan fingerprint density at radius 3 is 3.06 bits per heavy atom. The zero-order chi connectivity index (χ0) is 12.1. The standard InChI is InChI=1S/C13H21N3S/c1-3-4-5-6-7-14-10-12-11(2)15-13-16(12)8-9-17-13/h8-9,14H,3-7,10H2,1-2H3. The van der Waals surface area contributed by atoms with E-state index in [1.54, 1.807) is 11.3 Å². The largest absolute Gasteiger partial charge is 0.311 e. The average molecular weight is 251 g/mol. The van der Waals surface area contributed by atoms with E-state index in [-0.39, 0.29) is 0 Å². The first-order chi connectivity index (χ1) is 8.33. The van der Waals surface area contributed by atoms with Crippen molar-refractivity contribution in [3.8, 4) is 0 Å². The molecule has 0 saturated heterocycles. The number of nitrogens with one attached hydrogen (secondary N) is 1. The zero-order valence-electron chi connectivity index (χ0n) is 10.7. The van der Waals surface area contributed by atoms with E-state index < -0.39 is 0 Å². The third kappa shape index (κ3) is 3.07. The summed E-state index contributed by atoms with van der Waals surface area (Å²) in [5, 5.41) is 5.60. The third-order valence-electron chi connectivity index (χ3n) is 3.06. The second kappa shape index (κ2) is 6.17. The lowest BCUT2D eigenvalue weighted by Gasteiger charge is -2.04. The van der Waals surface area contributed by atoms with Crippen LogP contribution in [0.2, 0.25) is 0 Å². The van der Waals surface area contributed by atoms with Crippen molar-refractivity contribution >= 4 is 16.3 Å². The second-order valence-electron chi connectivity index (χ2n) is 4.44. The molecule has 2 rings (SSSR count). The van der Waals surface area contributed by atoms with Crippen molar-refractivity contribution in [3.63, 3.8) is 0 Å². The van der Waals surface area contributed by atoms with E-state index in [2.05, 4.69) is 40.1 Å². The topological polar surface area (TPSA) is 29.3 Å². The van der Waals surface area contributed by atoms with Crippen LogP contribution in [0.15, 0.2) is 11.6 Å². The van der Waals surface area contributed by atoms with Crippen LogP contribution in [0.25, 0.3) is 4.96 Å². The summed E-state index contributed by atoms with van der Waals surface area (Å²) in [5.41, 5.74) is 2.45. The molecule has 0 atom stereocenters. The summed E-state index contributed by atoms with van der Waals surface area (Å²) in [5.74, 6) is 0. The summed E-state index contributed by atoms with van der Waals surface area (Å²) < 4.78 is 2.19. The highest BCUT2D eigenvalue weighted by Crippen LogP contribution is 2.16. The molecule has 3 nitrogen and oxygen atoms in total. The molecule has 94 valence electrons. The molecule has 17 heavy (non-hydrogen) atoms. The summed E-state index contributed by atoms with van der Waals surface area (Å²) in [6, 6.07) is 0. The lowest BCUT2D eigenvalue weighted by atomic mass is 10.2. The maximum absolute atomic E-state index is 4.54. The molecule has 4 heteroatoms. The Bertz CT molecular complexity index is 458. The molecule has 0 amide bonds. The minimum absolute atomic E-state index is 0.926. The van der Waals surface area contributed by atoms with E-state index in [0.29, 0.717) is 0 Å². The lowest BCUT2D eigenvalue weighted by Crippen LogP contribution is -2.16. The fraction of sp³-hybridized carbons (Fsp3) is 0.615. The predicted octanol–water partition coefficient (Wildman–Crippen LogP) is 3.37. The Morgan fingerprint density at radius 2 is 2.24 bits per heavy atom. The van der Waals surface area contributed by atoms with Crippen molar-refractivity contribution in [1.82, 2.24) is 14.7 Å². The maximum atomic E-state index is 4.54. The van der Waals surface area contributed by atoms with Gasteiger partial charge < -0.3 is 5.32 Å². The molecule has 0 unspecified atom stereocenters. The van der Waals surface area contributed by atoms with Gasteiger partial charge in [-0.1, -0.05) is 26.2 Å². The fourth-order valence-electron chi connectivity index (χ4n) is 2.04. The average Bonchev–Trinajstić information content (AvgIpc) is 2.85. The quantitative estimate of drug-likeness (QED) is 0.764. The van der Waals surface area contributed by atoms with Gasteiger partial charge in [-0.15, -0.1) is 11.3 Å². The summed E-state index contributed by atoms with van der Waals surface area (Å²) in [6.07, 6.45) is 7.37. The molecule has 0 saturated carbocycles. The van der Waals surface area contributed by atoms with Gasteiger partial charge in [-0.3, -0.25) is 4.40 Å². The van der Waals surface area contributed by atoms with Crippen molar-refractivity contribution in [3.05, 3.63) is 23.0 Å². The van der Waals surface area contributed by atoms with Crippen molar-refractivity contribution < 1.29 is 0 Å². The highest BCUT2D eigenvalue weighted by molar-refractivity contribution is 7.15. The van der Waals surface area contributed by atoms with Crippen LogP contribution in [0.5, 0.6) is 0 Å². The maximum Gasteiger partial charge on any atom is 0.194 e. The number of fused-ring (bicyclic) bond motifs is 1. The lowest BCUT2D eigenvalue weighted by molar-refractivity contribution is 0.591. The summed E-state index contributed by atoms with van der Waals surface area (Å²) >= 11 is 1.70. The van der Waals surface area contributed by atoms with Gasteiger partial charge in [0.1, 0.15) is 0 Å². The first-order valence-electron chi connectivity index (χ1n) is 6.44. The zero-order valence-corrected chi connectivity index (χ0v) is 11.5. The van der Waals surface area contributed by atoms with Crippen LogP contribution in [0.3, 0.4) is 0 Å². The molecule has 0 aliphatic carbocycles. The first-order valence-corrected chi connectivity index (χ1v) is 7.32. The number of imidazole rings is 1. The van der Waals surface area contributed by atoms with Crippen molar-refractivity contribution in [2.75, 3.05) is 6.54 Å². The molecule has 2 aromatic heterocycles. The van der Waals surface area contributed by atoms with E-state index in [1.807, 2.05) is 0 Å². The SMILES string of the molecule is CCCCCCNCc1c(C)nc2sccn12. The van der Waals surface area contributed by atoms with E-state index >= 15 is 0 Å². The van der Waals surface area contributed by atoms with Crippen LogP contribution in [-0.2, 0) is 6.54 Å². The molecule has 0 bridgehead atoms. The van der Waals surface area contributed by atoms with Crippen LogP contribution < -0.4 is 5.32 Å². The Hall–Kier alpha value is -0.870. The highest BCUT2D eigenvalue weighted by atomic mass is 32.1. The van der Waals surface area contributed by atoms with E-state index in [0.717, 1.165) is 23.7 Å². The normalized spacial score (nSPS) is 11.4. The fourth-order valence-corrected chi connectivity index (χ4v) is 2.82. The Morgan fingerprint density at radius 1 is 1.35 bits per heavy atom. The van der Waals surface area contributed by atoms with Crippen LogP contribution in [-0.4, -0.2) is 15.9 Å². The van der Waals surface area contributed by atoms with Gasteiger partial charge in [0, 0.05) is 18.1 Å². The number of unbranched alkanes of at least 4 members (excludes halogenated alkanes) is 3. The van der Waals surface area contributed by atoms with Gasteiger partial charge in [0.2, 0.25) is 0 Å². The second-order valence-corrected chi connectivity index (χ2v) is 5.31. The molecule has 0 spiro atoms. The third-order valence-corrected chi connectivity index (χ3v) is 3.82. The Kier molecular flexibility index (Phi) is 4.57. The van der Waals surface area contributed by atoms with Gasteiger partial charge in [0.25, 0.3) is 0 Å². The van der Waals surface area contributed by atoms with Gasteiger partial charge in [-0.05, 0) is 19.9 Å². The summed E-state index contributed by atoms with van der Waals surface area (Å²) in [4.78, 5) is 5.65. The number of hydrogen-bond acceptors (Lipinski definition) is 3. The minimum atomic E-state index is 0.926. The molecule has 0 aromatic carbocycles. The van der Waals surface area contributed by atoms with Crippen molar-refractivity contribution in [2.45, 2.75) is 46.1 Å². The van der Waals surface area contributed by atoms with E-state index in [4.69, 9.17) is 0 Å². The molecule has 1 N–H and O–H groups in total. The summed E-state index contributed by atoms with van der Waals surface area (Å²) in [6.45, 7) is 6.37. The predicted molar refractivity (Wildman–Crippen MR) is 73.7 cm³/mol. The van der Waals surface area contributed by atoms with Crippen LogP contribution in [0, 0.1) is 6.92 Å². The number of aryl methyl sites for hydroxylation is 1. The van der Waals surface area contributed by atoms with Gasteiger partial charge >= 0.3 is 0 Å². The number of nitrogens with zero attached hydrogens (tertiary/aromatic N) is 2. The molecule has 0 aliphatic rings. The molecule has 0 aliphatic heterocycles. The molecule has 2 heterocycles. The number of thiazole rings is 1. The van der Waals surface area contributed by atoms with Crippen LogP contribution >= 0.6 is 11.3 Å². The molecule has 0 fully saturated rings.